The SMILES string of the molecule is CNC(=O)[C@H](Cc1ccccc1)Sc1nc(=O)ccn1C(C)C. The van der Waals surface area contributed by atoms with E-state index in [9.17, 15) is 9.59 Å². The summed E-state index contributed by atoms with van der Waals surface area (Å²) in [6, 6.07) is 11.4. The Morgan fingerprint density at radius 2 is 1.96 bits per heavy atom. The summed E-state index contributed by atoms with van der Waals surface area (Å²) in [4.78, 5) is 27.9. The van der Waals surface area contributed by atoms with E-state index in [4.69, 9.17) is 0 Å². The summed E-state index contributed by atoms with van der Waals surface area (Å²) in [7, 11) is 1.62. The molecule has 0 saturated carbocycles. The van der Waals surface area contributed by atoms with Gasteiger partial charge in [0.2, 0.25) is 5.91 Å². The fraction of sp³-hybridized carbons (Fsp3) is 0.353. The molecule has 1 heterocycles. The zero-order valence-corrected chi connectivity index (χ0v) is 14.3. The molecule has 0 aliphatic carbocycles. The van der Waals surface area contributed by atoms with E-state index >= 15 is 0 Å². The predicted octanol–water partition coefficient (Wildman–Crippen LogP) is 2.27. The number of carbonyl (C=O) groups is 1. The van der Waals surface area contributed by atoms with Crippen LogP contribution in [0.2, 0.25) is 0 Å². The summed E-state index contributed by atoms with van der Waals surface area (Å²) in [5, 5.41) is 2.91. The molecule has 0 saturated heterocycles. The molecule has 6 heteroatoms. The standard InChI is InChI=1S/C17H21N3O2S/c1-12(2)20-10-9-15(21)19-17(20)23-14(16(22)18-3)11-13-7-5-4-6-8-13/h4-10,12,14H,11H2,1-3H3,(H,18,22)/t14-/m0/s1. The lowest BCUT2D eigenvalue weighted by molar-refractivity contribution is -0.120. The predicted molar refractivity (Wildman–Crippen MR) is 92.7 cm³/mol. The number of nitrogens with zero attached hydrogens (tertiary/aromatic N) is 2. The summed E-state index contributed by atoms with van der Waals surface area (Å²) in [6.07, 6.45) is 2.31. The molecule has 5 nitrogen and oxygen atoms in total. The number of hydrogen-bond donors (Lipinski definition) is 1. The monoisotopic (exact) mass is 331 g/mol. The fourth-order valence-electron chi connectivity index (χ4n) is 2.18. The number of hydrogen-bond acceptors (Lipinski definition) is 4. The first kappa shape index (κ1) is 17.3. The molecular weight excluding hydrogens is 310 g/mol. The van der Waals surface area contributed by atoms with Crippen molar-refractivity contribution in [1.82, 2.24) is 14.9 Å². The Kier molecular flexibility index (Phi) is 5.98. The van der Waals surface area contributed by atoms with Crippen LogP contribution in [0.15, 0.2) is 52.5 Å². The van der Waals surface area contributed by atoms with Crippen LogP contribution in [0.3, 0.4) is 0 Å². The topological polar surface area (TPSA) is 64.0 Å². The van der Waals surface area contributed by atoms with Gasteiger partial charge in [-0.2, -0.15) is 4.98 Å². The van der Waals surface area contributed by atoms with Crippen molar-refractivity contribution in [3.63, 3.8) is 0 Å². The van der Waals surface area contributed by atoms with Crippen LogP contribution in [0.1, 0.15) is 25.5 Å². The molecule has 0 spiro atoms. The second-order valence-electron chi connectivity index (χ2n) is 5.46. The number of thioether (sulfide) groups is 1. The fourth-order valence-corrected chi connectivity index (χ4v) is 3.47. The molecular formula is C17H21N3O2S. The van der Waals surface area contributed by atoms with E-state index in [0.717, 1.165) is 5.56 Å². The Bertz CT molecular complexity index is 713. The Hall–Kier alpha value is -2.08. The highest BCUT2D eigenvalue weighted by Gasteiger charge is 2.22. The number of carbonyl (C=O) groups excluding carboxylic acids is 1. The summed E-state index contributed by atoms with van der Waals surface area (Å²) in [5.74, 6) is -0.0766. The second-order valence-corrected chi connectivity index (χ2v) is 6.63. The van der Waals surface area contributed by atoms with E-state index in [1.165, 1.54) is 17.8 Å². The first-order valence-corrected chi connectivity index (χ1v) is 8.40. The van der Waals surface area contributed by atoms with Gasteiger partial charge in [0.15, 0.2) is 5.16 Å². The summed E-state index contributed by atoms with van der Waals surface area (Å²) in [5.41, 5.74) is 0.780. The van der Waals surface area contributed by atoms with Gasteiger partial charge in [0, 0.05) is 25.4 Å². The van der Waals surface area contributed by atoms with Gasteiger partial charge >= 0.3 is 0 Å². The maximum Gasteiger partial charge on any atom is 0.273 e. The van der Waals surface area contributed by atoms with Crippen molar-refractivity contribution in [3.05, 3.63) is 58.5 Å². The third-order valence-electron chi connectivity index (χ3n) is 3.41. The van der Waals surface area contributed by atoms with Crippen LogP contribution in [0.4, 0.5) is 0 Å². The van der Waals surface area contributed by atoms with Crippen molar-refractivity contribution in [3.8, 4) is 0 Å². The maximum absolute atomic E-state index is 12.2. The van der Waals surface area contributed by atoms with Crippen molar-refractivity contribution < 1.29 is 4.79 Å². The molecule has 0 unspecified atom stereocenters. The number of nitrogens with one attached hydrogen (secondary N) is 1. The average Bonchev–Trinajstić information content (AvgIpc) is 2.54. The second kappa shape index (κ2) is 7.97. The molecule has 1 atom stereocenters. The third kappa shape index (κ3) is 4.69. The minimum atomic E-state index is -0.346. The van der Waals surface area contributed by atoms with Gasteiger partial charge in [0.25, 0.3) is 5.56 Å². The van der Waals surface area contributed by atoms with Gasteiger partial charge in [-0.05, 0) is 25.8 Å². The van der Waals surface area contributed by atoms with Gasteiger partial charge in [-0.3, -0.25) is 9.59 Å². The zero-order valence-electron chi connectivity index (χ0n) is 13.5. The Labute approximate surface area is 140 Å². The molecule has 0 radical (unpaired) electrons. The van der Waals surface area contributed by atoms with Gasteiger partial charge in [-0.15, -0.1) is 0 Å². The molecule has 1 aromatic heterocycles. The molecule has 1 N–H and O–H groups in total. The van der Waals surface area contributed by atoms with Crippen molar-refractivity contribution >= 4 is 17.7 Å². The molecule has 1 amide bonds. The quantitative estimate of drug-likeness (QED) is 0.651. The molecule has 2 rings (SSSR count). The van der Waals surface area contributed by atoms with Crippen LogP contribution < -0.4 is 10.9 Å². The Morgan fingerprint density at radius 1 is 1.26 bits per heavy atom. The highest BCUT2D eigenvalue weighted by atomic mass is 32.2. The van der Waals surface area contributed by atoms with Gasteiger partial charge in [-0.1, -0.05) is 42.1 Å². The minimum absolute atomic E-state index is 0.0766. The van der Waals surface area contributed by atoms with Crippen LogP contribution in [-0.4, -0.2) is 27.8 Å². The number of aromatic nitrogens is 2. The lowest BCUT2D eigenvalue weighted by Gasteiger charge is -2.19. The number of amides is 1. The molecule has 122 valence electrons. The Morgan fingerprint density at radius 3 is 2.57 bits per heavy atom. The first-order valence-electron chi connectivity index (χ1n) is 7.52. The molecule has 2 aromatic rings. The van der Waals surface area contributed by atoms with Crippen LogP contribution >= 0.6 is 11.8 Å². The lowest BCUT2D eigenvalue weighted by Crippen LogP contribution is -2.32. The number of benzene rings is 1. The van der Waals surface area contributed by atoms with Crippen LogP contribution in [0, 0.1) is 0 Å². The van der Waals surface area contributed by atoms with Crippen molar-refractivity contribution in [2.24, 2.45) is 0 Å². The molecule has 23 heavy (non-hydrogen) atoms. The summed E-state index contributed by atoms with van der Waals surface area (Å²) < 4.78 is 1.91. The Balaban J connectivity index is 2.29. The zero-order chi connectivity index (χ0) is 16.8. The maximum atomic E-state index is 12.2. The highest BCUT2D eigenvalue weighted by Crippen LogP contribution is 2.25. The smallest absolute Gasteiger partial charge is 0.273 e. The normalized spacial score (nSPS) is 12.2. The van der Waals surface area contributed by atoms with E-state index in [0.29, 0.717) is 11.6 Å². The van der Waals surface area contributed by atoms with E-state index in [1.807, 2.05) is 48.7 Å². The van der Waals surface area contributed by atoms with E-state index in [-0.39, 0.29) is 22.8 Å². The first-order chi connectivity index (χ1) is 11.0. The molecule has 1 aromatic carbocycles. The average molecular weight is 331 g/mol. The molecule has 0 aliphatic rings. The van der Waals surface area contributed by atoms with E-state index in [2.05, 4.69) is 10.3 Å². The van der Waals surface area contributed by atoms with Crippen molar-refractivity contribution in [2.45, 2.75) is 36.7 Å². The van der Waals surface area contributed by atoms with Crippen LogP contribution in [0.5, 0.6) is 0 Å². The minimum Gasteiger partial charge on any atom is -0.358 e. The molecule has 0 fully saturated rings. The largest absolute Gasteiger partial charge is 0.358 e. The van der Waals surface area contributed by atoms with Gasteiger partial charge in [-0.25, -0.2) is 0 Å². The van der Waals surface area contributed by atoms with Gasteiger partial charge < -0.3 is 9.88 Å². The van der Waals surface area contributed by atoms with Gasteiger partial charge in [0.05, 0.1) is 5.25 Å². The third-order valence-corrected chi connectivity index (χ3v) is 4.59. The molecule has 0 aliphatic heterocycles. The number of rotatable bonds is 6. The van der Waals surface area contributed by atoms with E-state index in [1.54, 1.807) is 13.2 Å². The summed E-state index contributed by atoms with van der Waals surface area (Å²) >= 11 is 1.33. The molecule has 0 bridgehead atoms. The van der Waals surface area contributed by atoms with Crippen LogP contribution in [-0.2, 0) is 11.2 Å². The van der Waals surface area contributed by atoms with Crippen molar-refractivity contribution in [2.75, 3.05) is 7.05 Å². The summed E-state index contributed by atoms with van der Waals surface area (Å²) in [6.45, 7) is 4.03. The van der Waals surface area contributed by atoms with Crippen molar-refractivity contribution in [1.29, 1.82) is 0 Å². The lowest BCUT2D eigenvalue weighted by atomic mass is 10.1. The van der Waals surface area contributed by atoms with Crippen LogP contribution in [0.25, 0.3) is 0 Å². The highest BCUT2D eigenvalue weighted by molar-refractivity contribution is 8.00. The van der Waals surface area contributed by atoms with Gasteiger partial charge in [0.1, 0.15) is 0 Å². The van der Waals surface area contributed by atoms with E-state index < -0.39 is 0 Å².